The highest BCUT2D eigenvalue weighted by Gasteiger charge is 2.38. The zero-order chi connectivity index (χ0) is 30.2. The lowest BCUT2D eigenvalue weighted by atomic mass is 9.92. The SMILES string of the molecule is COc1cc(C(=O)NC2CCC(F)(F)CC2)ccc1Nc1ncc(C(F)(F)F)c(Oc2cccc3c2C(=O)N(C)C3)n1. The van der Waals surface area contributed by atoms with Crippen LogP contribution in [0.1, 0.15) is 57.5 Å². The zero-order valence-corrected chi connectivity index (χ0v) is 22.5. The van der Waals surface area contributed by atoms with Crippen molar-refractivity contribution in [3.63, 3.8) is 0 Å². The number of rotatable bonds is 7. The van der Waals surface area contributed by atoms with Crippen LogP contribution in [0.15, 0.2) is 42.6 Å². The summed E-state index contributed by atoms with van der Waals surface area (Å²) in [5.41, 5.74) is -0.0620. The van der Waals surface area contributed by atoms with E-state index in [0.717, 1.165) is 0 Å². The molecule has 42 heavy (non-hydrogen) atoms. The van der Waals surface area contributed by atoms with E-state index in [1.54, 1.807) is 19.2 Å². The van der Waals surface area contributed by atoms with E-state index in [1.807, 2.05) is 0 Å². The van der Waals surface area contributed by atoms with Gasteiger partial charge in [-0.15, -0.1) is 0 Å². The first kappa shape index (κ1) is 29.0. The Balaban J connectivity index is 1.38. The molecule has 14 heteroatoms. The van der Waals surface area contributed by atoms with Crippen molar-refractivity contribution in [2.75, 3.05) is 19.5 Å². The summed E-state index contributed by atoms with van der Waals surface area (Å²) in [5, 5.41) is 5.51. The zero-order valence-electron chi connectivity index (χ0n) is 22.5. The molecular formula is C28H26F5N5O4. The highest BCUT2D eigenvalue weighted by atomic mass is 19.4. The van der Waals surface area contributed by atoms with E-state index >= 15 is 0 Å². The van der Waals surface area contributed by atoms with Gasteiger partial charge in [0, 0.05) is 44.2 Å². The van der Waals surface area contributed by atoms with Crippen LogP contribution in [0.2, 0.25) is 0 Å². The van der Waals surface area contributed by atoms with Crippen LogP contribution >= 0.6 is 0 Å². The van der Waals surface area contributed by atoms with E-state index in [-0.39, 0.29) is 66.0 Å². The number of carbonyl (C=O) groups is 2. The fourth-order valence-electron chi connectivity index (χ4n) is 4.87. The van der Waals surface area contributed by atoms with E-state index in [2.05, 4.69) is 20.6 Å². The predicted molar refractivity (Wildman–Crippen MR) is 140 cm³/mol. The van der Waals surface area contributed by atoms with Gasteiger partial charge in [-0.25, -0.2) is 13.8 Å². The number of anilines is 2. The smallest absolute Gasteiger partial charge is 0.423 e. The van der Waals surface area contributed by atoms with Gasteiger partial charge in [0.1, 0.15) is 17.1 Å². The predicted octanol–water partition coefficient (Wildman–Crippen LogP) is 5.93. The first-order valence-electron chi connectivity index (χ1n) is 13.0. The molecule has 0 radical (unpaired) electrons. The van der Waals surface area contributed by atoms with Crippen LogP contribution in [0.4, 0.5) is 33.6 Å². The fourth-order valence-corrected chi connectivity index (χ4v) is 4.87. The molecule has 0 unspecified atom stereocenters. The molecule has 2 aliphatic rings. The molecule has 9 nitrogen and oxygen atoms in total. The highest BCUT2D eigenvalue weighted by Crippen LogP contribution is 2.40. The van der Waals surface area contributed by atoms with Gasteiger partial charge in [-0.05, 0) is 42.7 Å². The van der Waals surface area contributed by atoms with Crippen molar-refractivity contribution < 1.29 is 41.0 Å². The molecular weight excluding hydrogens is 565 g/mol. The summed E-state index contributed by atoms with van der Waals surface area (Å²) in [5.74, 6) is -4.61. The standard InChI is InChI=1S/C28H26F5N5O4/c1-38-14-16-4-3-5-20(22(16)25(38)40)42-24-18(28(31,32)33)13-34-26(37-24)36-19-7-6-15(12-21(19)41-2)23(39)35-17-8-10-27(29,30)11-9-17/h3-7,12-13,17H,8-11,14H2,1-2H3,(H,35,39)(H,34,36,37). The lowest BCUT2D eigenvalue weighted by molar-refractivity contribution is -0.139. The minimum Gasteiger partial charge on any atom is -0.495 e. The minimum absolute atomic E-state index is 0.0772. The van der Waals surface area contributed by atoms with Crippen LogP contribution in [0.25, 0.3) is 0 Å². The first-order chi connectivity index (χ1) is 19.8. The summed E-state index contributed by atoms with van der Waals surface area (Å²) in [6.45, 7) is 0.290. The number of hydrogen-bond acceptors (Lipinski definition) is 7. The number of methoxy groups -OCH3 is 1. The van der Waals surface area contributed by atoms with Gasteiger partial charge in [0.25, 0.3) is 11.8 Å². The van der Waals surface area contributed by atoms with Gasteiger partial charge in [-0.2, -0.15) is 18.2 Å². The van der Waals surface area contributed by atoms with Crippen LogP contribution in [0, 0.1) is 0 Å². The number of fused-ring (bicyclic) bond motifs is 1. The molecule has 1 fully saturated rings. The Morgan fingerprint density at radius 2 is 1.86 bits per heavy atom. The number of amides is 2. The summed E-state index contributed by atoms with van der Waals surface area (Å²) in [7, 11) is 2.90. The number of alkyl halides is 5. The molecule has 0 bridgehead atoms. The Hall–Kier alpha value is -4.49. The molecule has 2 N–H and O–H groups in total. The molecule has 3 aromatic rings. The third-order valence-electron chi connectivity index (χ3n) is 7.11. The average Bonchev–Trinajstić information content (AvgIpc) is 3.23. The van der Waals surface area contributed by atoms with Crippen molar-refractivity contribution in [1.82, 2.24) is 20.2 Å². The summed E-state index contributed by atoms with van der Waals surface area (Å²) in [4.78, 5) is 34.4. The molecule has 2 heterocycles. The number of hydrogen-bond donors (Lipinski definition) is 2. The van der Waals surface area contributed by atoms with Crippen LogP contribution in [-0.2, 0) is 12.7 Å². The third-order valence-corrected chi connectivity index (χ3v) is 7.11. The Morgan fingerprint density at radius 1 is 1.12 bits per heavy atom. The summed E-state index contributed by atoms with van der Waals surface area (Å²) in [6, 6.07) is 8.53. The van der Waals surface area contributed by atoms with E-state index in [0.29, 0.717) is 18.3 Å². The topological polar surface area (TPSA) is 106 Å². The molecule has 222 valence electrons. The molecule has 1 aromatic heterocycles. The van der Waals surface area contributed by atoms with Crippen LogP contribution < -0.4 is 20.1 Å². The van der Waals surface area contributed by atoms with Crippen molar-refractivity contribution in [3.8, 4) is 17.4 Å². The Labute approximate surface area is 237 Å². The molecule has 5 rings (SSSR count). The molecule has 2 aromatic carbocycles. The van der Waals surface area contributed by atoms with E-state index in [1.165, 1.54) is 36.3 Å². The number of benzene rings is 2. The maximum absolute atomic E-state index is 13.8. The van der Waals surface area contributed by atoms with Gasteiger partial charge in [0.05, 0.1) is 18.4 Å². The van der Waals surface area contributed by atoms with Gasteiger partial charge in [0.2, 0.25) is 17.8 Å². The molecule has 1 aliphatic carbocycles. The summed E-state index contributed by atoms with van der Waals surface area (Å²) in [6.07, 6.45) is -4.59. The largest absolute Gasteiger partial charge is 0.495 e. The van der Waals surface area contributed by atoms with Crippen LogP contribution in [0.3, 0.4) is 0 Å². The molecule has 0 spiro atoms. The quantitative estimate of drug-likeness (QED) is 0.328. The lowest BCUT2D eigenvalue weighted by Gasteiger charge is -2.28. The number of nitrogens with one attached hydrogen (secondary N) is 2. The summed E-state index contributed by atoms with van der Waals surface area (Å²) < 4.78 is 79.2. The van der Waals surface area contributed by atoms with E-state index < -0.39 is 35.4 Å². The van der Waals surface area contributed by atoms with Gasteiger partial charge >= 0.3 is 6.18 Å². The lowest BCUT2D eigenvalue weighted by Crippen LogP contribution is -2.40. The highest BCUT2D eigenvalue weighted by molar-refractivity contribution is 6.01. The number of nitrogens with zero attached hydrogens (tertiary/aromatic N) is 3. The second-order valence-electron chi connectivity index (χ2n) is 10.1. The van der Waals surface area contributed by atoms with Crippen molar-refractivity contribution >= 4 is 23.5 Å². The van der Waals surface area contributed by atoms with E-state index in [4.69, 9.17) is 9.47 Å². The van der Waals surface area contributed by atoms with Crippen LogP contribution in [0.5, 0.6) is 17.4 Å². The van der Waals surface area contributed by atoms with E-state index in [9.17, 15) is 31.5 Å². The molecule has 1 aliphatic heterocycles. The van der Waals surface area contributed by atoms with Crippen molar-refractivity contribution in [1.29, 1.82) is 0 Å². The Morgan fingerprint density at radius 3 is 2.55 bits per heavy atom. The second-order valence-corrected chi connectivity index (χ2v) is 10.1. The van der Waals surface area contributed by atoms with Crippen LogP contribution in [-0.4, -0.2) is 52.8 Å². The van der Waals surface area contributed by atoms with Crippen molar-refractivity contribution in [2.24, 2.45) is 0 Å². The molecule has 0 atom stereocenters. The minimum atomic E-state index is -4.85. The summed E-state index contributed by atoms with van der Waals surface area (Å²) >= 11 is 0. The number of halogens is 5. The van der Waals surface area contributed by atoms with Crippen molar-refractivity contribution in [3.05, 3.63) is 64.8 Å². The fraction of sp³-hybridized carbons (Fsp3) is 0.357. The van der Waals surface area contributed by atoms with Gasteiger partial charge < -0.3 is 25.0 Å². The van der Waals surface area contributed by atoms with Gasteiger partial charge in [-0.1, -0.05) is 12.1 Å². The van der Waals surface area contributed by atoms with Gasteiger partial charge in [0.15, 0.2) is 0 Å². The molecule has 1 saturated carbocycles. The number of carbonyl (C=O) groups excluding carboxylic acids is 2. The second kappa shape index (κ2) is 11.1. The average molecular weight is 592 g/mol. The first-order valence-corrected chi connectivity index (χ1v) is 13.0. The normalized spacial score (nSPS) is 16.6. The molecule has 0 saturated heterocycles. The monoisotopic (exact) mass is 591 g/mol. The maximum atomic E-state index is 13.8. The Kier molecular flexibility index (Phi) is 7.64. The third kappa shape index (κ3) is 6.06. The maximum Gasteiger partial charge on any atom is 0.423 e. The number of ether oxygens (including phenoxy) is 2. The Bertz CT molecular complexity index is 1520. The number of aromatic nitrogens is 2. The van der Waals surface area contributed by atoms with Crippen molar-refractivity contribution in [2.45, 2.75) is 50.4 Å². The molecule has 2 amide bonds. The van der Waals surface area contributed by atoms with Gasteiger partial charge in [-0.3, -0.25) is 9.59 Å².